The molecule has 0 atom stereocenters. The molecule has 2 aromatic rings. The summed E-state index contributed by atoms with van der Waals surface area (Å²) in [6.07, 6.45) is 1.60. The molecule has 1 N–H and O–H groups in total. The molecule has 0 aliphatic heterocycles. The molecule has 6 heteroatoms. The van der Waals surface area contributed by atoms with Crippen molar-refractivity contribution in [2.75, 3.05) is 0 Å². The fourth-order valence-corrected chi connectivity index (χ4v) is 1.82. The Kier molecular flexibility index (Phi) is 2.98. The van der Waals surface area contributed by atoms with Gasteiger partial charge in [-0.15, -0.1) is 0 Å². The molecular weight excluding hydrogens is 242 g/mol. The van der Waals surface area contributed by atoms with Gasteiger partial charge < -0.3 is 9.51 Å². The number of carboxylic acid groups (broad SMARTS) is 1. The summed E-state index contributed by atoms with van der Waals surface area (Å²) in [5.41, 5.74) is 1.56. The SMILES string of the molecule is N#CCc1c(CC(=O)O)nc2cc(Cl)ccn12. The smallest absolute Gasteiger partial charge is 0.309 e. The van der Waals surface area contributed by atoms with Gasteiger partial charge in [-0.05, 0) is 6.07 Å². The van der Waals surface area contributed by atoms with Gasteiger partial charge in [-0.1, -0.05) is 11.6 Å². The van der Waals surface area contributed by atoms with Crippen molar-refractivity contribution in [3.05, 3.63) is 34.7 Å². The number of carboxylic acids is 1. The molecule has 0 bridgehead atoms. The standard InChI is InChI=1S/C11H8ClN3O2/c12-7-2-4-15-9(1-3-13)8(6-11(16)17)14-10(15)5-7/h2,4-5H,1,6H2,(H,16,17). The third-order valence-electron chi connectivity index (χ3n) is 2.34. The van der Waals surface area contributed by atoms with Crippen LogP contribution in [0.15, 0.2) is 18.3 Å². The number of aliphatic carboxylic acids is 1. The Morgan fingerprint density at radius 1 is 1.65 bits per heavy atom. The second kappa shape index (κ2) is 4.44. The van der Waals surface area contributed by atoms with Crippen LogP contribution in [0.1, 0.15) is 11.4 Å². The van der Waals surface area contributed by atoms with Gasteiger partial charge in [0.05, 0.1) is 30.3 Å². The molecule has 5 nitrogen and oxygen atoms in total. The third-order valence-corrected chi connectivity index (χ3v) is 2.57. The Hall–Kier alpha value is -2.06. The zero-order valence-electron chi connectivity index (χ0n) is 8.72. The molecule has 2 rings (SSSR count). The van der Waals surface area contributed by atoms with Crippen molar-refractivity contribution in [3.63, 3.8) is 0 Å². The average Bonchev–Trinajstić information content (AvgIpc) is 2.55. The van der Waals surface area contributed by atoms with Gasteiger partial charge >= 0.3 is 5.97 Å². The summed E-state index contributed by atoms with van der Waals surface area (Å²) >= 11 is 5.83. The van der Waals surface area contributed by atoms with E-state index in [1.165, 1.54) is 0 Å². The lowest BCUT2D eigenvalue weighted by atomic mass is 10.2. The Morgan fingerprint density at radius 3 is 3.06 bits per heavy atom. The summed E-state index contributed by atoms with van der Waals surface area (Å²) in [4.78, 5) is 14.9. The van der Waals surface area contributed by atoms with E-state index < -0.39 is 5.97 Å². The van der Waals surface area contributed by atoms with E-state index in [1.54, 1.807) is 22.7 Å². The van der Waals surface area contributed by atoms with Crippen LogP contribution in [-0.4, -0.2) is 20.5 Å². The lowest BCUT2D eigenvalue weighted by molar-refractivity contribution is -0.136. The predicted octanol–water partition coefficient (Wildman–Crippen LogP) is 1.68. The van der Waals surface area contributed by atoms with Gasteiger partial charge in [-0.3, -0.25) is 4.79 Å². The molecular formula is C11H8ClN3O2. The number of halogens is 1. The molecule has 0 aliphatic carbocycles. The van der Waals surface area contributed by atoms with Gasteiger partial charge in [0.25, 0.3) is 0 Å². The van der Waals surface area contributed by atoms with Gasteiger partial charge in [0.15, 0.2) is 0 Å². The first kappa shape index (κ1) is 11.4. The second-order valence-corrected chi connectivity index (χ2v) is 3.92. The van der Waals surface area contributed by atoms with Crippen molar-refractivity contribution in [3.8, 4) is 6.07 Å². The highest BCUT2D eigenvalue weighted by atomic mass is 35.5. The monoisotopic (exact) mass is 249 g/mol. The maximum atomic E-state index is 10.7. The molecule has 0 saturated carbocycles. The first-order chi connectivity index (χ1) is 8.11. The van der Waals surface area contributed by atoms with E-state index in [1.807, 2.05) is 6.07 Å². The minimum absolute atomic E-state index is 0.116. The van der Waals surface area contributed by atoms with Gasteiger partial charge in [0.2, 0.25) is 0 Å². The molecule has 0 spiro atoms. The Labute approximate surface area is 102 Å². The maximum Gasteiger partial charge on any atom is 0.309 e. The highest BCUT2D eigenvalue weighted by molar-refractivity contribution is 6.30. The molecule has 17 heavy (non-hydrogen) atoms. The molecule has 2 heterocycles. The molecule has 0 amide bonds. The molecule has 0 fully saturated rings. The summed E-state index contributed by atoms with van der Waals surface area (Å²) in [6.45, 7) is 0. The van der Waals surface area contributed by atoms with E-state index in [9.17, 15) is 4.79 Å². The largest absolute Gasteiger partial charge is 0.481 e. The summed E-state index contributed by atoms with van der Waals surface area (Å²) < 4.78 is 1.69. The van der Waals surface area contributed by atoms with Gasteiger partial charge in [-0.2, -0.15) is 5.26 Å². The highest BCUT2D eigenvalue weighted by Crippen LogP contribution is 2.17. The van der Waals surface area contributed by atoms with Crippen LogP contribution in [0.5, 0.6) is 0 Å². The van der Waals surface area contributed by atoms with Crippen LogP contribution in [0.25, 0.3) is 5.65 Å². The number of hydrogen-bond donors (Lipinski definition) is 1. The first-order valence-electron chi connectivity index (χ1n) is 4.86. The number of rotatable bonds is 3. The van der Waals surface area contributed by atoms with Crippen LogP contribution in [0.4, 0.5) is 0 Å². The summed E-state index contributed by atoms with van der Waals surface area (Å²) in [5, 5.41) is 18.0. The average molecular weight is 250 g/mol. The number of aromatic nitrogens is 2. The Morgan fingerprint density at radius 2 is 2.41 bits per heavy atom. The van der Waals surface area contributed by atoms with Crippen molar-refractivity contribution < 1.29 is 9.90 Å². The van der Waals surface area contributed by atoms with Crippen LogP contribution in [0, 0.1) is 11.3 Å². The van der Waals surface area contributed by atoms with Crippen LogP contribution >= 0.6 is 11.6 Å². The number of nitrogens with zero attached hydrogens (tertiary/aromatic N) is 3. The molecule has 0 saturated heterocycles. The van der Waals surface area contributed by atoms with E-state index >= 15 is 0 Å². The van der Waals surface area contributed by atoms with Crippen molar-refractivity contribution in [2.24, 2.45) is 0 Å². The van der Waals surface area contributed by atoms with Crippen LogP contribution in [-0.2, 0) is 17.6 Å². The predicted molar refractivity (Wildman–Crippen MR) is 60.9 cm³/mol. The number of hydrogen-bond acceptors (Lipinski definition) is 3. The topological polar surface area (TPSA) is 78.4 Å². The molecule has 86 valence electrons. The van der Waals surface area contributed by atoms with Gasteiger partial charge in [0, 0.05) is 17.3 Å². The second-order valence-electron chi connectivity index (χ2n) is 3.48. The van der Waals surface area contributed by atoms with Crippen molar-refractivity contribution in [1.82, 2.24) is 9.38 Å². The lowest BCUT2D eigenvalue weighted by Crippen LogP contribution is -2.04. The molecule has 2 aromatic heterocycles. The van der Waals surface area contributed by atoms with Crippen LogP contribution in [0.2, 0.25) is 5.02 Å². The fraction of sp³-hybridized carbons (Fsp3) is 0.182. The zero-order chi connectivity index (χ0) is 12.4. The van der Waals surface area contributed by atoms with E-state index in [-0.39, 0.29) is 12.8 Å². The molecule has 0 aliphatic rings. The molecule has 0 unspecified atom stereocenters. The minimum Gasteiger partial charge on any atom is -0.481 e. The molecule has 0 radical (unpaired) electrons. The Bertz CT molecular complexity index is 627. The summed E-state index contributed by atoms with van der Waals surface area (Å²) in [6, 6.07) is 5.30. The van der Waals surface area contributed by atoms with E-state index in [0.29, 0.717) is 22.1 Å². The van der Waals surface area contributed by atoms with Crippen molar-refractivity contribution >= 4 is 23.2 Å². The summed E-state index contributed by atoms with van der Waals surface area (Å²) in [5.74, 6) is -0.973. The van der Waals surface area contributed by atoms with Crippen molar-refractivity contribution in [1.29, 1.82) is 5.26 Å². The van der Waals surface area contributed by atoms with Crippen LogP contribution in [0.3, 0.4) is 0 Å². The van der Waals surface area contributed by atoms with E-state index in [4.69, 9.17) is 22.0 Å². The number of fused-ring (bicyclic) bond motifs is 1. The lowest BCUT2D eigenvalue weighted by Gasteiger charge is -1.98. The van der Waals surface area contributed by atoms with E-state index in [0.717, 1.165) is 0 Å². The number of imidazole rings is 1. The van der Waals surface area contributed by atoms with Gasteiger partial charge in [-0.25, -0.2) is 4.98 Å². The quantitative estimate of drug-likeness (QED) is 0.898. The first-order valence-corrected chi connectivity index (χ1v) is 5.23. The third kappa shape index (κ3) is 2.22. The fourth-order valence-electron chi connectivity index (χ4n) is 1.67. The minimum atomic E-state index is -0.973. The Balaban J connectivity index is 2.61. The summed E-state index contributed by atoms with van der Waals surface area (Å²) in [7, 11) is 0. The normalized spacial score (nSPS) is 10.4. The number of nitriles is 1. The molecule has 0 aromatic carbocycles. The van der Waals surface area contributed by atoms with Crippen LogP contribution < -0.4 is 0 Å². The zero-order valence-corrected chi connectivity index (χ0v) is 9.48. The van der Waals surface area contributed by atoms with Gasteiger partial charge in [0.1, 0.15) is 5.65 Å². The number of carbonyl (C=O) groups is 1. The number of pyridine rings is 1. The highest BCUT2D eigenvalue weighted by Gasteiger charge is 2.14. The van der Waals surface area contributed by atoms with E-state index in [2.05, 4.69) is 4.98 Å². The maximum absolute atomic E-state index is 10.7. The van der Waals surface area contributed by atoms with Crippen molar-refractivity contribution in [2.45, 2.75) is 12.8 Å².